The van der Waals surface area contributed by atoms with Crippen molar-refractivity contribution in [2.75, 3.05) is 35.5 Å². The third kappa shape index (κ3) is 3.53. The van der Waals surface area contributed by atoms with E-state index in [0.717, 1.165) is 0 Å². The van der Waals surface area contributed by atoms with Gasteiger partial charge in [0.1, 0.15) is 28.7 Å². The van der Waals surface area contributed by atoms with Crippen LogP contribution in [0.15, 0.2) is 30.3 Å². The molecule has 8 nitrogen and oxygen atoms in total. The molecule has 1 heterocycles. The van der Waals surface area contributed by atoms with Gasteiger partial charge in [-0.25, -0.2) is 0 Å². The minimum absolute atomic E-state index is 0.245. The molecule has 29 heavy (non-hydrogen) atoms. The van der Waals surface area contributed by atoms with Crippen LogP contribution in [0.1, 0.15) is 17.0 Å². The molecule has 0 N–H and O–H groups in total. The summed E-state index contributed by atoms with van der Waals surface area (Å²) in [5.41, 5.74) is 1.11. The highest BCUT2D eigenvalue weighted by Gasteiger charge is 2.47. The summed E-state index contributed by atoms with van der Waals surface area (Å²) in [7, 11) is 7.24. The van der Waals surface area contributed by atoms with Gasteiger partial charge < -0.3 is 28.4 Å². The second-order valence-corrected chi connectivity index (χ2v) is 6.25. The van der Waals surface area contributed by atoms with E-state index in [1.807, 2.05) is 0 Å². The molecule has 0 saturated carbocycles. The van der Waals surface area contributed by atoms with E-state index in [1.165, 1.54) is 35.5 Å². The molecule has 0 aliphatic carbocycles. The van der Waals surface area contributed by atoms with Crippen molar-refractivity contribution in [3.63, 3.8) is 0 Å². The van der Waals surface area contributed by atoms with Crippen LogP contribution in [0, 0.1) is 5.92 Å². The number of rotatable bonds is 6. The van der Waals surface area contributed by atoms with Crippen LogP contribution in [0.3, 0.4) is 0 Å². The topological polar surface area (TPSA) is 89.5 Å². The van der Waals surface area contributed by atoms with Crippen LogP contribution in [0.5, 0.6) is 28.7 Å². The Morgan fingerprint density at radius 2 is 1.52 bits per heavy atom. The van der Waals surface area contributed by atoms with Crippen molar-refractivity contribution in [2.24, 2.45) is 5.92 Å². The largest absolute Gasteiger partial charge is 0.497 e. The van der Waals surface area contributed by atoms with Gasteiger partial charge in [-0.3, -0.25) is 9.59 Å². The summed E-state index contributed by atoms with van der Waals surface area (Å²) in [6, 6.07) is 8.38. The lowest BCUT2D eigenvalue weighted by molar-refractivity contribution is -0.157. The van der Waals surface area contributed by atoms with Crippen LogP contribution in [0.25, 0.3) is 0 Å². The lowest BCUT2D eigenvalue weighted by atomic mass is 9.77. The highest BCUT2D eigenvalue weighted by atomic mass is 16.6. The summed E-state index contributed by atoms with van der Waals surface area (Å²) in [5, 5.41) is 0. The fourth-order valence-electron chi connectivity index (χ4n) is 3.50. The third-order valence-electron chi connectivity index (χ3n) is 4.87. The minimum atomic E-state index is -1.24. The van der Waals surface area contributed by atoms with Crippen LogP contribution < -0.4 is 23.7 Å². The van der Waals surface area contributed by atoms with Gasteiger partial charge in [0.2, 0.25) is 0 Å². The molecule has 3 rings (SSSR count). The van der Waals surface area contributed by atoms with Gasteiger partial charge in [0, 0.05) is 35.2 Å². The molecule has 0 aromatic heterocycles. The van der Waals surface area contributed by atoms with Crippen molar-refractivity contribution >= 4 is 11.9 Å². The van der Waals surface area contributed by atoms with Crippen molar-refractivity contribution in [3.8, 4) is 28.7 Å². The molecule has 0 spiro atoms. The number of benzene rings is 2. The van der Waals surface area contributed by atoms with E-state index < -0.39 is 23.8 Å². The molecule has 2 aromatic carbocycles. The van der Waals surface area contributed by atoms with E-state index in [-0.39, 0.29) is 5.75 Å². The molecule has 2 aromatic rings. The lowest BCUT2D eigenvalue weighted by Gasteiger charge is -2.32. The van der Waals surface area contributed by atoms with Crippen LogP contribution in [-0.2, 0) is 14.3 Å². The van der Waals surface area contributed by atoms with Crippen LogP contribution in [0.2, 0.25) is 0 Å². The zero-order chi connectivity index (χ0) is 21.1. The van der Waals surface area contributed by atoms with E-state index in [0.29, 0.717) is 34.1 Å². The summed E-state index contributed by atoms with van der Waals surface area (Å²) in [4.78, 5) is 25.4. The Morgan fingerprint density at radius 3 is 2.10 bits per heavy atom. The van der Waals surface area contributed by atoms with Gasteiger partial charge in [-0.15, -0.1) is 0 Å². The van der Waals surface area contributed by atoms with Crippen molar-refractivity contribution in [3.05, 3.63) is 41.5 Å². The molecule has 0 amide bonds. The fourth-order valence-corrected chi connectivity index (χ4v) is 3.50. The van der Waals surface area contributed by atoms with Crippen LogP contribution in [-0.4, -0.2) is 47.5 Å². The zero-order valence-corrected chi connectivity index (χ0v) is 16.8. The summed E-state index contributed by atoms with van der Waals surface area (Å²) in [6.45, 7) is 0. The van der Waals surface area contributed by atoms with E-state index in [9.17, 15) is 9.59 Å². The second-order valence-electron chi connectivity index (χ2n) is 6.25. The number of ether oxygens (including phenoxy) is 6. The molecule has 1 aliphatic heterocycles. The Labute approximate surface area is 168 Å². The Bertz CT molecular complexity index is 937. The quantitative estimate of drug-likeness (QED) is 0.414. The van der Waals surface area contributed by atoms with Gasteiger partial charge in [0.25, 0.3) is 0 Å². The molecule has 0 unspecified atom stereocenters. The monoisotopic (exact) mass is 402 g/mol. The van der Waals surface area contributed by atoms with Crippen LogP contribution >= 0.6 is 0 Å². The van der Waals surface area contributed by atoms with Crippen LogP contribution in [0.4, 0.5) is 0 Å². The van der Waals surface area contributed by atoms with Crippen molar-refractivity contribution in [2.45, 2.75) is 5.92 Å². The Hall–Kier alpha value is -3.42. The van der Waals surface area contributed by atoms with Crippen molar-refractivity contribution in [1.29, 1.82) is 0 Å². The standard InChI is InChI=1S/C21H22O8/c1-24-11-6-7-13(14(8-11)26-3)17-18-15(27-4)9-12(25-2)10-16(18)29-21(23)19(17)20(22)28-5/h6-10,17,19H,1-5H3/t17-,19-/m1/s1. The average Bonchev–Trinajstić information content (AvgIpc) is 2.76. The first-order valence-electron chi connectivity index (χ1n) is 8.76. The first kappa shape index (κ1) is 20.3. The number of methoxy groups -OCH3 is 5. The SMILES string of the molecule is COC(=O)[C@@H]1C(=O)Oc2cc(OC)cc(OC)c2[C@H]1c1ccc(OC)cc1OC. The smallest absolute Gasteiger partial charge is 0.326 e. The first-order chi connectivity index (χ1) is 14.0. The van der Waals surface area contributed by atoms with E-state index in [4.69, 9.17) is 28.4 Å². The number of hydrogen-bond acceptors (Lipinski definition) is 8. The van der Waals surface area contributed by atoms with E-state index in [2.05, 4.69) is 0 Å². The maximum absolute atomic E-state index is 12.8. The number of esters is 2. The second kappa shape index (κ2) is 8.30. The van der Waals surface area contributed by atoms with Crippen molar-refractivity contribution < 1.29 is 38.0 Å². The first-order valence-corrected chi connectivity index (χ1v) is 8.76. The number of carbonyl (C=O) groups excluding carboxylic acids is 2. The molecule has 1 aliphatic rings. The third-order valence-corrected chi connectivity index (χ3v) is 4.87. The summed E-state index contributed by atoms with van der Waals surface area (Å²) in [5.74, 6) is -1.34. The zero-order valence-electron chi connectivity index (χ0n) is 16.8. The van der Waals surface area contributed by atoms with E-state index >= 15 is 0 Å². The number of fused-ring (bicyclic) bond motifs is 1. The minimum Gasteiger partial charge on any atom is -0.497 e. The van der Waals surface area contributed by atoms with Gasteiger partial charge in [0.05, 0.1) is 35.5 Å². The number of hydrogen-bond donors (Lipinski definition) is 0. The summed E-state index contributed by atoms with van der Waals surface area (Å²) >= 11 is 0. The summed E-state index contributed by atoms with van der Waals surface area (Å²) in [6.07, 6.45) is 0. The average molecular weight is 402 g/mol. The molecule has 0 fully saturated rings. The van der Waals surface area contributed by atoms with Gasteiger partial charge >= 0.3 is 11.9 Å². The highest BCUT2D eigenvalue weighted by molar-refractivity contribution is 5.99. The molecular weight excluding hydrogens is 380 g/mol. The molecule has 0 radical (unpaired) electrons. The lowest BCUT2D eigenvalue weighted by Crippen LogP contribution is -2.38. The maximum atomic E-state index is 12.8. The molecule has 0 bridgehead atoms. The van der Waals surface area contributed by atoms with Gasteiger partial charge in [0.15, 0.2) is 5.92 Å². The highest BCUT2D eigenvalue weighted by Crippen LogP contribution is 2.51. The Morgan fingerprint density at radius 1 is 0.862 bits per heavy atom. The number of carbonyl (C=O) groups is 2. The summed E-state index contributed by atoms with van der Waals surface area (Å²) < 4.78 is 31.9. The molecule has 154 valence electrons. The van der Waals surface area contributed by atoms with Gasteiger partial charge in [-0.2, -0.15) is 0 Å². The maximum Gasteiger partial charge on any atom is 0.326 e. The normalized spacial score (nSPS) is 17.6. The molecule has 2 atom stereocenters. The predicted octanol–water partition coefficient (Wildman–Crippen LogP) is 2.56. The Balaban J connectivity index is 2.31. The molecule has 8 heteroatoms. The fraction of sp³-hybridized carbons (Fsp3) is 0.333. The molecular formula is C21H22O8. The predicted molar refractivity (Wildman–Crippen MR) is 102 cm³/mol. The Kier molecular flexibility index (Phi) is 5.81. The van der Waals surface area contributed by atoms with Gasteiger partial charge in [-0.05, 0) is 6.07 Å². The van der Waals surface area contributed by atoms with Gasteiger partial charge in [-0.1, -0.05) is 6.07 Å². The van der Waals surface area contributed by atoms with Crippen molar-refractivity contribution in [1.82, 2.24) is 0 Å². The van der Waals surface area contributed by atoms with E-state index in [1.54, 1.807) is 30.3 Å². The molecule has 0 saturated heterocycles.